The van der Waals surface area contributed by atoms with E-state index in [0.717, 1.165) is 0 Å². The van der Waals surface area contributed by atoms with E-state index in [2.05, 4.69) is 5.10 Å². The van der Waals surface area contributed by atoms with Crippen molar-refractivity contribution >= 4 is 5.69 Å². The van der Waals surface area contributed by atoms with E-state index in [9.17, 15) is 4.79 Å². The Bertz CT molecular complexity index is 478. The van der Waals surface area contributed by atoms with Gasteiger partial charge in [0.15, 0.2) is 0 Å². The molecule has 5 heteroatoms. The molecule has 0 aromatic rings. The van der Waals surface area contributed by atoms with Crippen LogP contribution in [0.25, 0.3) is 11.3 Å². The van der Waals surface area contributed by atoms with Crippen LogP contribution in [0.5, 0.6) is 0 Å². The standard InChI is InChI=1S/C8H7N3O2/c9-6-1-2-7(12)8-5(6)3-4-11(13)10-8/h1-4,13H,9H2. The summed E-state index contributed by atoms with van der Waals surface area (Å²) in [6.07, 6.45) is 1.32. The van der Waals surface area contributed by atoms with Crippen molar-refractivity contribution in [2.24, 2.45) is 0 Å². The molecule has 3 N–H and O–H groups in total. The number of nitrogens with zero attached hydrogens (tertiary/aromatic N) is 2. The summed E-state index contributed by atoms with van der Waals surface area (Å²) in [6, 6.07) is 4.39. The van der Waals surface area contributed by atoms with Crippen molar-refractivity contribution in [1.82, 2.24) is 9.94 Å². The summed E-state index contributed by atoms with van der Waals surface area (Å²) in [7, 11) is 0. The zero-order valence-electron chi connectivity index (χ0n) is 6.64. The molecular weight excluding hydrogens is 170 g/mol. The van der Waals surface area contributed by atoms with Crippen molar-refractivity contribution in [2.45, 2.75) is 0 Å². The number of nitrogen functional groups attached to an aromatic ring is 1. The van der Waals surface area contributed by atoms with Crippen molar-refractivity contribution in [1.29, 1.82) is 0 Å². The van der Waals surface area contributed by atoms with Crippen LogP contribution in [0.4, 0.5) is 5.69 Å². The van der Waals surface area contributed by atoms with Crippen LogP contribution < -0.4 is 11.2 Å². The number of rotatable bonds is 0. The summed E-state index contributed by atoms with van der Waals surface area (Å²) in [5.74, 6) is 0. The van der Waals surface area contributed by atoms with Crippen molar-refractivity contribution in [3.63, 3.8) is 0 Å². The van der Waals surface area contributed by atoms with Crippen molar-refractivity contribution < 1.29 is 5.21 Å². The van der Waals surface area contributed by atoms with Gasteiger partial charge in [0.05, 0.1) is 6.20 Å². The fourth-order valence-corrected chi connectivity index (χ4v) is 1.16. The molecule has 0 unspecified atom stereocenters. The third-order valence-corrected chi connectivity index (χ3v) is 1.79. The van der Waals surface area contributed by atoms with Gasteiger partial charge in [-0.1, -0.05) is 0 Å². The highest BCUT2D eigenvalue weighted by Crippen LogP contribution is 2.20. The Morgan fingerprint density at radius 2 is 2.15 bits per heavy atom. The first kappa shape index (κ1) is 7.60. The fourth-order valence-electron chi connectivity index (χ4n) is 1.16. The summed E-state index contributed by atoms with van der Waals surface area (Å²) < 4.78 is 0. The molecule has 1 aliphatic heterocycles. The molecule has 0 saturated heterocycles. The number of hydrogen-bond donors (Lipinski definition) is 2. The maximum Gasteiger partial charge on any atom is 0.206 e. The monoisotopic (exact) mass is 177 g/mol. The second-order valence-electron chi connectivity index (χ2n) is 2.65. The Balaban J connectivity index is 2.91. The van der Waals surface area contributed by atoms with Gasteiger partial charge in [-0.3, -0.25) is 4.79 Å². The maximum absolute atomic E-state index is 11.2. The number of benzene rings is 1. The van der Waals surface area contributed by atoms with Gasteiger partial charge in [0.2, 0.25) is 5.43 Å². The van der Waals surface area contributed by atoms with E-state index in [-0.39, 0.29) is 11.1 Å². The summed E-state index contributed by atoms with van der Waals surface area (Å²) in [4.78, 5) is 11.8. The second-order valence-corrected chi connectivity index (χ2v) is 2.65. The minimum Gasteiger partial charge on any atom is -0.412 e. The smallest absolute Gasteiger partial charge is 0.206 e. The fraction of sp³-hybridized carbons (Fsp3) is 0. The first-order valence-corrected chi connectivity index (χ1v) is 3.66. The largest absolute Gasteiger partial charge is 0.412 e. The molecule has 0 aromatic heterocycles. The van der Waals surface area contributed by atoms with E-state index in [1.54, 1.807) is 6.07 Å². The molecule has 5 nitrogen and oxygen atoms in total. The first-order valence-electron chi connectivity index (χ1n) is 3.66. The molecule has 0 bridgehead atoms. The minimum atomic E-state index is -0.257. The average molecular weight is 177 g/mol. The predicted octanol–water partition coefficient (Wildman–Crippen LogP) is 0.168. The lowest BCUT2D eigenvalue weighted by atomic mass is 10.1. The molecule has 2 rings (SSSR count). The second kappa shape index (κ2) is 2.48. The zero-order chi connectivity index (χ0) is 9.42. The van der Waals surface area contributed by atoms with Crippen LogP contribution in [0.2, 0.25) is 0 Å². The van der Waals surface area contributed by atoms with Crippen LogP contribution in [0.1, 0.15) is 0 Å². The minimum absolute atomic E-state index is 0.171. The van der Waals surface area contributed by atoms with E-state index in [4.69, 9.17) is 10.9 Å². The molecule has 1 heterocycles. The lowest BCUT2D eigenvalue weighted by molar-refractivity contribution is 0.144. The average Bonchev–Trinajstić information content (AvgIpc) is 2.12. The van der Waals surface area contributed by atoms with Crippen LogP contribution >= 0.6 is 0 Å². The van der Waals surface area contributed by atoms with Gasteiger partial charge in [0, 0.05) is 11.3 Å². The number of anilines is 1. The van der Waals surface area contributed by atoms with Crippen molar-refractivity contribution in [2.75, 3.05) is 5.73 Å². The molecule has 13 heavy (non-hydrogen) atoms. The number of fused-ring (bicyclic) bond motifs is 1. The Labute approximate surface area is 73.3 Å². The topological polar surface area (TPSA) is 81.1 Å². The van der Waals surface area contributed by atoms with Gasteiger partial charge in [-0.25, -0.2) is 0 Å². The van der Waals surface area contributed by atoms with Crippen LogP contribution in [-0.2, 0) is 0 Å². The molecular formula is C8H7N3O2. The van der Waals surface area contributed by atoms with Crippen LogP contribution in [-0.4, -0.2) is 15.2 Å². The quantitative estimate of drug-likeness (QED) is 0.444. The highest BCUT2D eigenvalue weighted by molar-refractivity contribution is 5.73. The maximum atomic E-state index is 11.2. The molecule has 0 aromatic carbocycles. The molecule has 0 radical (unpaired) electrons. The molecule has 66 valence electrons. The van der Waals surface area contributed by atoms with Gasteiger partial charge in [-0.05, 0) is 18.2 Å². The Kier molecular flexibility index (Phi) is 1.45. The molecule has 2 aliphatic rings. The van der Waals surface area contributed by atoms with Gasteiger partial charge >= 0.3 is 0 Å². The summed E-state index contributed by atoms with van der Waals surface area (Å²) in [5, 5.41) is 12.6. The number of hydrogen-bond acceptors (Lipinski definition) is 4. The highest BCUT2D eigenvalue weighted by Gasteiger charge is 2.10. The Morgan fingerprint density at radius 3 is 2.92 bits per heavy atom. The van der Waals surface area contributed by atoms with E-state index in [1.807, 2.05) is 0 Å². The molecule has 0 amide bonds. The number of nitrogens with two attached hydrogens (primary N) is 1. The van der Waals surface area contributed by atoms with Crippen molar-refractivity contribution in [3.05, 3.63) is 34.6 Å². The van der Waals surface area contributed by atoms with Gasteiger partial charge in [0.25, 0.3) is 0 Å². The van der Waals surface area contributed by atoms with Crippen LogP contribution in [0, 0.1) is 0 Å². The number of aromatic nitrogens is 2. The molecule has 0 saturated carbocycles. The van der Waals surface area contributed by atoms with E-state index >= 15 is 0 Å². The summed E-state index contributed by atoms with van der Waals surface area (Å²) in [5.41, 5.74) is 6.55. The van der Waals surface area contributed by atoms with Gasteiger partial charge < -0.3 is 10.9 Å². The van der Waals surface area contributed by atoms with E-state index < -0.39 is 0 Å². The normalized spacial score (nSPS) is 10.5. The lowest BCUT2D eigenvalue weighted by Gasteiger charge is -2.06. The lowest BCUT2D eigenvalue weighted by Crippen LogP contribution is -2.12. The molecule has 1 aliphatic carbocycles. The molecule has 0 fully saturated rings. The third-order valence-electron chi connectivity index (χ3n) is 1.79. The third kappa shape index (κ3) is 1.10. The van der Waals surface area contributed by atoms with Gasteiger partial charge in [-0.2, -0.15) is 0 Å². The first-order chi connectivity index (χ1) is 6.18. The molecule has 0 atom stereocenters. The SMILES string of the molecule is Nc1ccc(=O)c2nn(O)ccc1-2. The Morgan fingerprint density at radius 1 is 1.38 bits per heavy atom. The van der Waals surface area contributed by atoms with Gasteiger partial charge in [0.1, 0.15) is 5.69 Å². The zero-order valence-corrected chi connectivity index (χ0v) is 6.64. The molecule has 0 spiro atoms. The van der Waals surface area contributed by atoms with Gasteiger partial charge in [-0.15, -0.1) is 9.94 Å². The van der Waals surface area contributed by atoms with Crippen molar-refractivity contribution in [3.8, 4) is 11.3 Å². The Hall–Kier alpha value is -2.04. The summed E-state index contributed by atoms with van der Waals surface area (Å²) >= 11 is 0. The predicted molar refractivity (Wildman–Crippen MR) is 46.7 cm³/mol. The highest BCUT2D eigenvalue weighted by atomic mass is 16.5. The summed E-state index contributed by atoms with van der Waals surface area (Å²) in [6.45, 7) is 0. The van der Waals surface area contributed by atoms with E-state index in [1.165, 1.54) is 18.3 Å². The van der Waals surface area contributed by atoms with E-state index in [0.29, 0.717) is 16.1 Å². The van der Waals surface area contributed by atoms with Crippen LogP contribution in [0.3, 0.4) is 0 Å². The van der Waals surface area contributed by atoms with Crippen LogP contribution in [0.15, 0.2) is 29.2 Å².